The molecule has 0 bridgehead atoms. The van der Waals surface area contributed by atoms with Gasteiger partial charge in [0.15, 0.2) is 0 Å². The number of hydrogen-bond acceptors (Lipinski definition) is 2. The molecule has 1 amide bonds. The molecule has 122 valence electrons. The van der Waals surface area contributed by atoms with E-state index in [-0.39, 0.29) is 24.4 Å². The maximum Gasteiger partial charge on any atom is 0.226 e. The van der Waals surface area contributed by atoms with Crippen LogP contribution in [0.15, 0.2) is 0 Å². The van der Waals surface area contributed by atoms with Crippen LogP contribution in [-0.2, 0) is 4.79 Å². The Morgan fingerprint density at radius 2 is 1.57 bits per heavy atom. The SMILES string of the molecule is CCC1CCC(N(C(=O)C2CCC(N)C2)C2CC2)CC1.Cl. The van der Waals surface area contributed by atoms with E-state index in [2.05, 4.69) is 11.8 Å². The fourth-order valence-electron chi connectivity index (χ4n) is 4.29. The third-order valence-corrected chi connectivity index (χ3v) is 5.80. The zero-order valence-corrected chi connectivity index (χ0v) is 14.1. The Morgan fingerprint density at radius 1 is 1.00 bits per heavy atom. The van der Waals surface area contributed by atoms with E-state index in [0.29, 0.717) is 18.0 Å². The standard InChI is InChI=1S/C17H30N2O.ClH/c1-2-12-3-7-15(8-4-12)19(16-9-10-16)17(20)13-5-6-14(18)11-13;/h12-16H,2-11,18H2,1H3;1H. The monoisotopic (exact) mass is 314 g/mol. The van der Waals surface area contributed by atoms with Crippen LogP contribution in [0.4, 0.5) is 0 Å². The average Bonchev–Trinajstić information content (AvgIpc) is 3.20. The molecule has 0 aliphatic heterocycles. The number of nitrogens with zero attached hydrogens (tertiary/aromatic N) is 1. The van der Waals surface area contributed by atoms with Crippen molar-refractivity contribution in [2.24, 2.45) is 17.6 Å². The highest BCUT2D eigenvalue weighted by molar-refractivity contribution is 5.85. The molecule has 2 N–H and O–H groups in total. The third-order valence-electron chi connectivity index (χ3n) is 5.80. The number of amides is 1. The predicted molar refractivity (Wildman–Crippen MR) is 88.5 cm³/mol. The number of carbonyl (C=O) groups is 1. The molecule has 3 nitrogen and oxygen atoms in total. The molecule has 3 rings (SSSR count). The number of halogens is 1. The molecule has 3 fully saturated rings. The molecule has 0 saturated heterocycles. The molecule has 0 aromatic rings. The van der Waals surface area contributed by atoms with Crippen molar-refractivity contribution in [2.45, 2.75) is 89.3 Å². The van der Waals surface area contributed by atoms with E-state index >= 15 is 0 Å². The van der Waals surface area contributed by atoms with Crippen LogP contribution >= 0.6 is 12.4 Å². The first-order valence-corrected chi connectivity index (χ1v) is 8.76. The average molecular weight is 315 g/mol. The largest absolute Gasteiger partial charge is 0.336 e. The molecule has 0 radical (unpaired) electrons. The summed E-state index contributed by atoms with van der Waals surface area (Å²) in [7, 11) is 0. The summed E-state index contributed by atoms with van der Waals surface area (Å²) in [4.78, 5) is 15.2. The van der Waals surface area contributed by atoms with E-state index < -0.39 is 0 Å². The molecular weight excluding hydrogens is 284 g/mol. The van der Waals surface area contributed by atoms with Gasteiger partial charge in [-0.25, -0.2) is 0 Å². The lowest BCUT2D eigenvalue weighted by molar-refractivity contribution is -0.139. The summed E-state index contributed by atoms with van der Waals surface area (Å²) >= 11 is 0. The molecular formula is C17H31ClN2O. The van der Waals surface area contributed by atoms with E-state index in [4.69, 9.17) is 5.73 Å². The summed E-state index contributed by atoms with van der Waals surface area (Å²) in [6.45, 7) is 2.30. The van der Waals surface area contributed by atoms with Gasteiger partial charge < -0.3 is 10.6 Å². The van der Waals surface area contributed by atoms with Gasteiger partial charge in [0.1, 0.15) is 0 Å². The van der Waals surface area contributed by atoms with Crippen molar-refractivity contribution < 1.29 is 4.79 Å². The van der Waals surface area contributed by atoms with Gasteiger partial charge in [0.05, 0.1) is 0 Å². The zero-order chi connectivity index (χ0) is 14.1. The highest BCUT2D eigenvalue weighted by Gasteiger charge is 2.42. The van der Waals surface area contributed by atoms with E-state index in [1.807, 2.05) is 0 Å². The number of rotatable bonds is 4. The first kappa shape index (κ1) is 17.1. The number of nitrogens with two attached hydrogens (primary N) is 1. The lowest BCUT2D eigenvalue weighted by Crippen LogP contribution is -2.46. The summed E-state index contributed by atoms with van der Waals surface area (Å²) in [5.74, 6) is 1.58. The summed E-state index contributed by atoms with van der Waals surface area (Å²) in [6, 6.07) is 1.37. The van der Waals surface area contributed by atoms with Gasteiger partial charge >= 0.3 is 0 Å². The van der Waals surface area contributed by atoms with Crippen LogP contribution in [0.5, 0.6) is 0 Å². The Hall–Kier alpha value is -0.280. The smallest absolute Gasteiger partial charge is 0.226 e. The van der Waals surface area contributed by atoms with Crippen LogP contribution in [0.2, 0.25) is 0 Å². The van der Waals surface area contributed by atoms with Gasteiger partial charge in [-0.3, -0.25) is 4.79 Å². The Morgan fingerprint density at radius 3 is 2.00 bits per heavy atom. The van der Waals surface area contributed by atoms with Crippen molar-refractivity contribution in [3.8, 4) is 0 Å². The van der Waals surface area contributed by atoms with Crippen molar-refractivity contribution >= 4 is 18.3 Å². The summed E-state index contributed by atoms with van der Waals surface area (Å²) in [6.07, 6.45) is 11.9. The van der Waals surface area contributed by atoms with Crippen molar-refractivity contribution in [1.29, 1.82) is 0 Å². The molecule has 3 aliphatic carbocycles. The minimum Gasteiger partial charge on any atom is -0.336 e. The molecule has 0 aromatic carbocycles. The van der Waals surface area contributed by atoms with E-state index in [1.165, 1.54) is 44.9 Å². The summed E-state index contributed by atoms with van der Waals surface area (Å²) in [5.41, 5.74) is 6.00. The summed E-state index contributed by atoms with van der Waals surface area (Å²) < 4.78 is 0. The molecule has 0 aromatic heterocycles. The molecule has 2 atom stereocenters. The molecule has 3 aliphatic rings. The quantitative estimate of drug-likeness (QED) is 0.863. The second-order valence-electron chi connectivity index (χ2n) is 7.33. The van der Waals surface area contributed by atoms with Crippen LogP contribution < -0.4 is 5.73 Å². The fraction of sp³-hybridized carbons (Fsp3) is 0.941. The van der Waals surface area contributed by atoms with Crippen molar-refractivity contribution in [1.82, 2.24) is 4.90 Å². The lowest BCUT2D eigenvalue weighted by Gasteiger charge is -2.38. The van der Waals surface area contributed by atoms with Gasteiger partial charge in [-0.2, -0.15) is 0 Å². The van der Waals surface area contributed by atoms with E-state index in [9.17, 15) is 4.79 Å². The lowest BCUT2D eigenvalue weighted by atomic mass is 9.83. The van der Waals surface area contributed by atoms with Gasteiger partial charge in [0.2, 0.25) is 5.91 Å². The van der Waals surface area contributed by atoms with E-state index in [1.54, 1.807) is 0 Å². The normalized spacial score (nSPS) is 36.1. The molecule has 2 unspecified atom stereocenters. The van der Waals surface area contributed by atoms with Crippen LogP contribution in [0.1, 0.15) is 71.1 Å². The van der Waals surface area contributed by atoms with Crippen LogP contribution in [0.3, 0.4) is 0 Å². The van der Waals surface area contributed by atoms with Crippen molar-refractivity contribution in [3.05, 3.63) is 0 Å². The van der Waals surface area contributed by atoms with Crippen LogP contribution in [0, 0.1) is 11.8 Å². The first-order chi connectivity index (χ1) is 9.69. The third kappa shape index (κ3) is 3.92. The van der Waals surface area contributed by atoms with Gasteiger partial charge in [-0.1, -0.05) is 13.3 Å². The van der Waals surface area contributed by atoms with Gasteiger partial charge in [0, 0.05) is 24.0 Å². The van der Waals surface area contributed by atoms with Crippen LogP contribution in [0.25, 0.3) is 0 Å². The van der Waals surface area contributed by atoms with Gasteiger partial charge in [0.25, 0.3) is 0 Å². The second kappa shape index (κ2) is 7.32. The fourth-order valence-corrected chi connectivity index (χ4v) is 4.29. The summed E-state index contributed by atoms with van der Waals surface area (Å²) in [5, 5.41) is 0. The second-order valence-corrected chi connectivity index (χ2v) is 7.33. The minimum atomic E-state index is 0. The van der Waals surface area contributed by atoms with E-state index in [0.717, 1.165) is 25.2 Å². The highest BCUT2D eigenvalue weighted by atomic mass is 35.5. The maximum absolute atomic E-state index is 12.9. The minimum absolute atomic E-state index is 0. The van der Waals surface area contributed by atoms with Crippen molar-refractivity contribution in [3.63, 3.8) is 0 Å². The Labute approximate surface area is 135 Å². The van der Waals surface area contributed by atoms with Crippen molar-refractivity contribution in [2.75, 3.05) is 0 Å². The Bertz CT molecular complexity index is 351. The zero-order valence-electron chi connectivity index (χ0n) is 13.3. The maximum atomic E-state index is 12.9. The highest BCUT2D eigenvalue weighted by Crippen LogP contribution is 2.38. The number of hydrogen-bond donors (Lipinski definition) is 1. The number of carbonyl (C=O) groups excluding carboxylic acids is 1. The van der Waals surface area contributed by atoms with Gasteiger partial charge in [-0.05, 0) is 63.7 Å². The molecule has 0 heterocycles. The first-order valence-electron chi connectivity index (χ1n) is 8.76. The predicted octanol–water partition coefficient (Wildman–Crippen LogP) is 3.50. The van der Waals surface area contributed by atoms with Gasteiger partial charge in [-0.15, -0.1) is 12.4 Å². The Balaban J connectivity index is 0.00000161. The molecule has 3 saturated carbocycles. The topological polar surface area (TPSA) is 46.3 Å². The van der Waals surface area contributed by atoms with Crippen LogP contribution in [-0.4, -0.2) is 28.9 Å². The molecule has 4 heteroatoms. The Kier molecular flexibility index (Phi) is 5.96. The molecule has 21 heavy (non-hydrogen) atoms. The molecule has 0 spiro atoms.